The van der Waals surface area contributed by atoms with Gasteiger partial charge in [-0.25, -0.2) is 0 Å². The number of methoxy groups -OCH3 is 1. The first-order valence-corrected chi connectivity index (χ1v) is 9.07. The highest BCUT2D eigenvalue weighted by Crippen LogP contribution is 2.36. The van der Waals surface area contributed by atoms with Gasteiger partial charge in [0.15, 0.2) is 0 Å². The van der Waals surface area contributed by atoms with Gasteiger partial charge in [-0.3, -0.25) is 0 Å². The lowest BCUT2D eigenvalue weighted by Gasteiger charge is -2.26. The molecule has 2 rings (SSSR count). The average Bonchev–Trinajstić information content (AvgIpc) is 2.95. The van der Waals surface area contributed by atoms with Crippen LogP contribution in [0.1, 0.15) is 64.9 Å². The molecule has 3 nitrogen and oxygen atoms in total. The van der Waals surface area contributed by atoms with Gasteiger partial charge >= 0.3 is 0 Å². The third-order valence-corrected chi connectivity index (χ3v) is 5.20. The molecule has 2 atom stereocenters. The Bertz CT molecular complexity index is 558. The Balaban J connectivity index is 1.75. The van der Waals surface area contributed by atoms with Crippen molar-refractivity contribution in [2.24, 2.45) is 0 Å². The Kier molecular flexibility index (Phi) is 6.73. The number of fused-ring (bicyclic) bond motifs is 1. The van der Waals surface area contributed by atoms with E-state index in [0.29, 0.717) is 12.5 Å². The van der Waals surface area contributed by atoms with E-state index < -0.39 is 0 Å². The van der Waals surface area contributed by atoms with E-state index in [1.54, 1.807) is 7.11 Å². The molecule has 0 aliphatic carbocycles. The lowest BCUT2D eigenvalue weighted by atomic mass is 9.94. The molecule has 0 spiro atoms. The van der Waals surface area contributed by atoms with Crippen LogP contribution in [0.2, 0.25) is 0 Å². The van der Waals surface area contributed by atoms with Crippen molar-refractivity contribution >= 4 is 0 Å². The average molecular weight is 332 g/mol. The van der Waals surface area contributed by atoms with E-state index in [9.17, 15) is 0 Å². The summed E-state index contributed by atoms with van der Waals surface area (Å²) in [4.78, 5) is 0. The highest BCUT2D eigenvalue weighted by Gasteiger charge is 2.21. The molecule has 1 aromatic rings. The summed E-state index contributed by atoms with van der Waals surface area (Å²) in [6.07, 6.45) is 6.55. The molecule has 1 aromatic carbocycles. The summed E-state index contributed by atoms with van der Waals surface area (Å²) in [6.45, 7) is 10.1. The Morgan fingerprint density at radius 3 is 2.92 bits per heavy atom. The molecular weight excluding hydrogens is 300 g/mol. The molecule has 1 aliphatic rings. The quantitative estimate of drug-likeness (QED) is 0.559. The number of benzene rings is 1. The number of hydrogen-bond acceptors (Lipinski definition) is 3. The largest absolute Gasteiger partial charge is 0.493 e. The first kappa shape index (κ1) is 18.9. The zero-order chi connectivity index (χ0) is 17.6. The molecule has 0 saturated carbocycles. The molecule has 0 fully saturated rings. The van der Waals surface area contributed by atoms with Crippen molar-refractivity contribution in [2.45, 2.75) is 64.9 Å². The summed E-state index contributed by atoms with van der Waals surface area (Å²) in [5.74, 6) is 2.33. The Morgan fingerprint density at radius 2 is 2.21 bits per heavy atom. The zero-order valence-electron chi connectivity index (χ0n) is 15.9. The number of hydrogen-bond donors (Lipinski definition) is 0. The van der Waals surface area contributed by atoms with Crippen LogP contribution in [-0.4, -0.2) is 25.9 Å². The zero-order valence-corrected chi connectivity index (χ0v) is 15.9. The molecule has 134 valence electrons. The Hall–Kier alpha value is -1.48. The van der Waals surface area contributed by atoms with Gasteiger partial charge in [0.1, 0.15) is 18.1 Å². The molecule has 0 amide bonds. The topological polar surface area (TPSA) is 27.7 Å². The summed E-state index contributed by atoms with van der Waals surface area (Å²) >= 11 is 0. The fraction of sp³-hybridized carbons (Fsp3) is 0.619. The fourth-order valence-corrected chi connectivity index (χ4v) is 2.99. The number of allylic oxidation sites excluding steroid dienone is 1. The van der Waals surface area contributed by atoms with Crippen molar-refractivity contribution in [3.63, 3.8) is 0 Å². The minimum absolute atomic E-state index is 0.0122. The van der Waals surface area contributed by atoms with Crippen molar-refractivity contribution in [1.29, 1.82) is 0 Å². The molecule has 24 heavy (non-hydrogen) atoms. The molecule has 1 aliphatic heterocycles. The van der Waals surface area contributed by atoms with Crippen LogP contribution < -0.4 is 9.47 Å². The van der Waals surface area contributed by atoms with Crippen LogP contribution in [0.5, 0.6) is 11.5 Å². The minimum atomic E-state index is 0.0122. The lowest BCUT2D eigenvalue weighted by molar-refractivity contribution is -0.00563. The van der Waals surface area contributed by atoms with Crippen LogP contribution in [0.4, 0.5) is 0 Å². The summed E-state index contributed by atoms with van der Waals surface area (Å²) in [5.41, 5.74) is 2.67. The standard InChI is InChI=1S/C21H32O3/c1-6-21(4,22-5)12-7-8-16(2)11-13-23-18-9-10-19-17(3)15-24-20(19)14-18/h9-11,14,17H,6-8,12-13,15H2,1-5H3. The van der Waals surface area contributed by atoms with Gasteiger partial charge in [0.25, 0.3) is 0 Å². The molecule has 0 saturated heterocycles. The molecule has 0 N–H and O–H groups in total. The second-order valence-corrected chi connectivity index (χ2v) is 7.13. The fourth-order valence-electron chi connectivity index (χ4n) is 2.99. The third-order valence-electron chi connectivity index (χ3n) is 5.20. The number of ether oxygens (including phenoxy) is 3. The monoisotopic (exact) mass is 332 g/mol. The maximum absolute atomic E-state index is 5.85. The number of rotatable bonds is 9. The second kappa shape index (κ2) is 8.57. The van der Waals surface area contributed by atoms with Gasteiger partial charge < -0.3 is 14.2 Å². The summed E-state index contributed by atoms with van der Waals surface area (Å²) < 4.78 is 17.1. The van der Waals surface area contributed by atoms with E-state index in [1.807, 2.05) is 12.1 Å². The van der Waals surface area contributed by atoms with Gasteiger partial charge in [-0.05, 0) is 51.7 Å². The molecule has 1 heterocycles. The lowest BCUT2D eigenvalue weighted by Crippen LogP contribution is -2.25. The van der Waals surface area contributed by atoms with Crippen LogP contribution in [0, 0.1) is 0 Å². The highest BCUT2D eigenvalue weighted by molar-refractivity contribution is 5.45. The van der Waals surface area contributed by atoms with Crippen molar-refractivity contribution in [1.82, 2.24) is 0 Å². The van der Waals surface area contributed by atoms with Crippen LogP contribution in [0.15, 0.2) is 29.8 Å². The van der Waals surface area contributed by atoms with Crippen molar-refractivity contribution < 1.29 is 14.2 Å². The Labute approximate surface area is 147 Å². The first-order valence-electron chi connectivity index (χ1n) is 9.07. The van der Waals surface area contributed by atoms with Gasteiger partial charge in [0.2, 0.25) is 0 Å². The summed E-state index contributed by atoms with van der Waals surface area (Å²) in [7, 11) is 1.81. The summed E-state index contributed by atoms with van der Waals surface area (Å²) in [5, 5.41) is 0. The van der Waals surface area contributed by atoms with Crippen molar-refractivity contribution in [3.05, 3.63) is 35.4 Å². The smallest absolute Gasteiger partial charge is 0.126 e. The highest BCUT2D eigenvalue weighted by atomic mass is 16.5. The van der Waals surface area contributed by atoms with Crippen LogP contribution >= 0.6 is 0 Å². The maximum Gasteiger partial charge on any atom is 0.126 e. The van der Waals surface area contributed by atoms with E-state index in [0.717, 1.165) is 43.8 Å². The van der Waals surface area contributed by atoms with Crippen molar-refractivity contribution in [2.75, 3.05) is 20.3 Å². The maximum atomic E-state index is 5.85. The molecular formula is C21H32O3. The molecule has 0 bridgehead atoms. The van der Waals surface area contributed by atoms with Crippen LogP contribution in [-0.2, 0) is 4.74 Å². The van der Waals surface area contributed by atoms with Gasteiger partial charge in [-0.15, -0.1) is 0 Å². The first-order chi connectivity index (χ1) is 11.5. The summed E-state index contributed by atoms with van der Waals surface area (Å²) in [6, 6.07) is 6.17. The van der Waals surface area contributed by atoms with Crippen molar-refractivity contribution in [3.8, 4) is 11.5 Å². The van der Waals surface area contributed by atoms with Gasteiger partial charge in [0, 0.05) is 24.7 Å². The predicted octanol–water partition coefficient (Wildman–Crippen LogP) is 5.49. The van der Waals surface area contributed by atoms with E-state index >= 15 is 0 Å². The van der Waals surface area contributed by atoms with E-state index in [1.165, 1.54) is 11.1 Å². The molecule has 2 unspecified atom stereocenters. The van der Waals surface area contributed by atoms with Gasteiger partial charge in [0.05, 0.1) is 12.2 Å². The molecule has 3 heteroatoms. The van der Waals surface area contributed by atoms with Gasteiger partial charge in [-0.1, -0.05) is 25.5 Å². The SMILES string of the molecule is CCC(C)(CCCC(C)=CCOc1ccc2c(c1)OCC2C)OC. The third kappa shape index (κ3) is 5.01. The van der Waals surface area contributed by atoms with Crippen LogP contribution in [0.3, 0.4) is 0 Å². The van der Waals surface area contributed by atoms with E-state index in [-0.39, 0.29) is 5.60 Å². The minimum Gasteiger partial charge on any atom is -0.493 e. The molecule has 0 radical (unpaired) electrons. The van der Waals surface area contributed by atoms with Crippen LogP contribution in [0.25, 0.3) is 0 Å². The Morgan fingerprint density at radius 1 is 1.42 bits per heavy atom. The second-order valence-electron chi connectivity index (χ2n) is 7.13. The van der Waals surface area contributed by atoms with E-state index in [2.05, 4.69) is 39.8 Å². The van der Waals surface area contributed by atoms with E-state index in [4.69, 9.17) is 14.2 Å². The molecule has 0 aromatic heterocycles. The predicted molar refractivity (Wildman–Crippen MR) is 99.2 cm³/mol. The normalized spacial score (nSPS) is 19.5. The van der Waals surface area contributed by atoms with Gasteiger partial charge in [-0.2, -0.15) is 0 Å².